The van der Waals surface area contributed by atoms with Crippen molar-refractivity contribution in [2.75, 3.05) is 19.7 Å². The van der Waals surface area contributed by atoms with E-state index < -0.39 is 5.54 Å². The van der Waals surface area contributed by atoms with E-state index in [0.29, 0.717) is 12.6 Å². The summed E-state index contributed by atoms with van der Waals surface area (Å²) in [6, 6.07) is 32.7. The molecule has 0 radical (unpaired) electrons. The summed E-state index contributed by atoms with van der Waals surface area (Å²) in [5.41, 5.74) is 3.25. The number of benzene rings is 3. The number of nitrogens with zero attached hydrogens (tertiary/aromatic N) is 2. The standard InChI is InChI=1S/C27H26N2O/c1-4-10-22(11-5-1)27(23-12-6-2-7-13-23,24-14-8-3-9-15-24)29-19-16-25-28(29)20-26(17-18-26)21-30-25/h1-16H,17-21H2/i16D. The first-order valence-corrected chi connectivity index (χ1v) is 10.8. The maximum atomic E-state index is 8.78. The second-order valence-electron chi connectivity index (χ2n) is 8.69. The summed E-state index contributed by atoms with van der Waals surface area (Å²) >= 11 is 0. The van der Waals surface area contributed by atoms with Crippen LogP contribution in [0.2, 0.25) is 0 Å². The van der Waals surface area contributed by atoms with Gasteiger partial charge in [-0.05, 0) is 35.6 Å². The molecular weight excluding hydrogens is 368 g/mol. The van der Waals surface area contributed by atoms with E-state index in [4.69, 9.17) is 6.11 Å². The Kier molecular flexibility index (Phi) is 3.76. The van der Waals surface area contributed by atoms with Crippen molar-refractivity contribution in [3.8, 4) is 0 Å². The first-order valence-electron chi connectivity index (χ1n) is 11.3. The fourth-order valence-electron chi connectivity index (χ4n) is 5.06. The third-order valence-corrected chi connectivity index (χ3v) is 6.83. The summed E-state index contributed by atoms with van der Waals surface area (Å²) in [5.74, 6) is 0.727. The summed E-state index contributed by atoms with van der Waals surface area (Å²) in [6.07, 6.45) is 2.40. The van der Waals surface area contributed by atoms with E-state index in [1.54, 1.807) is 0 Å². The average molecular weight is 396 g/mol. The van der Waals surface area contributed by atoms with Crippen LogP contribution in [0, 0.1) is 5.41 Å². The number of hydrogen-bond donors (Lipinski definition) is 0. The Morgan fingerprint density at radius 2 is 1.27 bits per heavy atom. The molecule has 0 amide bonds. The summed E-state index contributed by atoms with van der Waals surface area (Å²) in [7, 11) is 0. The van der Waals surface area contributed by atoms with Crippen LogP contribution in [0.5, 0.6) is 0 Å². The van der Waals surface area contributed by atoms with Crippen LogP contribution in [0.15, 0.2) is 103 Å². The minimum atomic E-state index is -0.561. The van der Waals surface area contributed by atoms with E-state index in [0.717, 1.165) is 19.0 Å². The predicted molar refractivity (Wildman–Crippen MR) is 118 cm³/mol. The number of hydrogen-bond acceptors (Lipinski definition) is 3. The maximum absolute atomic E-state index is 8.78. The zero-order valence-electron chi connectivity index (χ0n) is 18.0. The number of ether oxygens (including phenoxy) is 1. The molecule has 3 aromatic carbocycles. The highest BCUT2D eigenvalue weighted by Gasteiger charge is 2.54. The molecule has 0 N–H and O–H groups in total. The quantitative estimate of drug-likeness (QED) is 0.567. The third kappa shape index (κ3) is 2.62. The van der Waals surface area contributed by atoms with Crippen LogP contribution in [-0.2, 0) is 10.3 Å². The highest BCUT2D eigenvalue weighted by Crippen LogP contribution is 2.53. The van der Waals surface area contributed by atoms with E-state index in [1.807, 2.05) is 0 Å². The lowest BCUT2D eigenvalue weighted by Crippen LogP contribution is -2.56. The van der Waals surface area contributed by atoms with Crippen molar-refractivity contribution in [2.45, 2.75) is 18.4 Å². The lowest BCUT2D eigenvalue weighted by atomic mass is 9.76. The van der Waals surface area contributed by atoms with Crippen molar-refractivity contribution in [1.82, 2.24) is 10.0 Å². The molecule has 6 rings (SSSR count). The molecule has 2 aliphatic heterocycles. The molecule has 1 saturated carbocycles. The van der Waals surface area contributed by atoms with Gasteiger partial charge in [-0.3, -0.25) is 5.01 Å². The molecule has 0 bridgehead atoms. The van der Waals surface area contributed by atoms with Gasteiger partial charge in [0.15, 0.2) is 0 Å². The van der Waals surface area contributed by atoms with Crippen LogP contribution < -0.4 is 0 Å². The van der Waals surface area contributed by atoms with Crippen LogP contribution in [0.1, 0.15) is 30.9 Å². The number of hydrazine groups is 1. The lowest BCUT2D eigenvalue weighted by Gasteiger charge is -2.50. The van der Waals surface area contributed by atoms with Crippen molar-refractivity contribution in [3.63, 3.8) is 0 Å². The molecule has 0 atom stereocenters. The third-order valence-electron chi connectivity index (χ3n) is 6.83. The van der Waals surface area contributed by atoms with Crippen LogP contribution in [0.3, 0.4) is 0 Å². The molecule has 1 saturated heterocycles. The monoisotopic (exact) mass is 395 g/mol. The molecule has 3 aliphatic rings. The minimum absolute atomic E-state index is 0.238. The van der Waals surface area contributed by atoms with E-state index in [2.05, 4.69) is 101 Å². The highest BCUT2D eigenvalue weighted by molar-refractivity contribution is 5.50. The van der Waals surface area contributed by atoms with Crippen LogP contribution in [0.4, 0.5) is 0 Å². The van der Waals surface area contributed by atoms with Gasteiger partial charge in [-0.25, -0.2) is 0 Å². The summed E-state index contributed by atoms with van der Waals surface area (Å²) < 4.78 is 15.0. The maximum Gasteiger partial charge on any atom is 0.201 e. The molecular formula is C27H26N2O. The zero-order chi connectivity index (χ0) is 20.9. The van der Waals surface area contributed by atoms with Crippen molar-refractivity contribution < 1.29 is 6.11 Å². The van der Waals surface area contributed by atoms with Gasteiger partial charge in [-0.1, -0.05) is 91.0 Å². The summed E-state index contributed by atoms with van der Waals surface area (Å²) in [4.78, 5) is 0. The van der Waals surface area contributed by atoms with E-state index in [9.17, 15) is 0 Å². The smallest absolute Gasteiger partial charge is 0.201 e. The SMILES string of the molecule is [2H]C1=C2OCC3(CC3)CN2N(C(c2ccccc2)(c2ccccc2)c2ccccc2)C1. The van der Waals surface area contributed by atoms with Gasteiger partial charge in [-0.2, -0.15) is 5.01 Å². The first kappa shape index (κ1) is 16.7. The van der Waals surface area contributed by atoms with Gasteiger partial charge in [0.05, 0.1) is 7.98 Å². The largest absolute Gasteiger partial charge is 0.478 e. The van der Waals surface area contributed by atoms with Crippen molar-refractivity contribution in [2.24, 2.45) is 5.41 Å². The molecule has 3 nitrogen and oxygen atoms in total. The molecule has 2 heterocycles. The van der Waals surface area contributed by atoms with Crippen LogP contribution in [0.25, 0.3) is 0 Å². The Morgan fingerprint density at radius 3 is 1.73 bits per heavy atom. The van der Waals surface area contributed by atoms with Gasteiger partial charge in [0.25, 0.3) is 0 Å². The molecule has 3 heteroatoms. The Morgan fingerprint density at radius 1 is 0.767 bits per heavy atom. The van der Waals surface area contributed by atoms with Gasteiger partial charge in [0, 0.05) is 18.5 Å². The summed E-state index contributed by atoms with van der Waals surface area (Å²) in [5, 5.41) is 4.65. The Bertz CT molecular complexity index is 1010. The van der Waals surface area contributed by atoms with Gasteiger partial charge in [0.2, 0.25) is 5.88 Å². The summed E-state index contributed by atoms with van der Waals surface area (Å²) in [6.45, 7) is 2.17. The predicted octanol–water partition coefficient (Wildman–Crippen LogP) is 5.16. The second kappa shape index (κ2) is 6.75. The second-order valence-corrected chi connectivity index (χ2v) is 8.69. The van der Waals surface area contributed by atoms with E-state index in [-0.39, 0.29) is 5.41 Å². The van der Waals surface area contributed by atoms with Crippen molar-refractivity contribution >= 4 is 0 Å². The lowest BCUT2D eigenvalue weighted by molar-refractivity contribution is -0.117. The van der Waals surface area contributed by atoms with Crippen molar-refractivity contribution in [3.05, 3.63) is 120 Å². The Hall–Kier alpha value is -3.04. The highest BCUT2D eigenvalue weighted by atomic mass is 16.5. The zero-order valence-corrected chi connectivity index (χ0v) is 17.0. The molecule has 0 aromatic heterocycles. The minimum Gasteiger partial charge on any atom is -0.478 e. The Labute approximate surface area is 179 Å². The fraction of sp³-hybridized carbons (Fsp3) is 0.259. The number of fused-ring (bicyclic) bond motifs is 1. The molecule has 0 unspecified atom stereocenters. The molecule has 1 aliphatic carbocycles. The molecule has 30 heavy (non-hydrogen) atoms. The Balaban J connectivity index is 1.61. The van der Waals surface area contributed by atoms with Crippen molar-refractivity contribution in [1.29, 1.82) is 0 Å². The number of rotatable bonds is 4. The van der Waals surface area contributed by atoms with Gasteiger partial charge < -0.3 is 4.74 Å². The van der Waals surface area contributed by atoms with E-state index >= 15 is 0 Å². The molecule has 1 spiro atoms. The van der Waals surface area contributed by atoms with Gasteiger partial charge in [-0.15, -0.1) is 0 Å². The van der Waals surface area contributed by atoms with Crippen LogP contribution in [-0.4, -0.2) is 29.7 Å². The van der Waals surface area contributed by atoms with Gasteiger partial charge in [0.1, 0.15) is 5.54 Å². The molecule has 150 valence electrons. The first-order chi connectivity index (χ1) is 15.2. The van der Waals surface area contributed by atoms with Gasteiger partial charge >= 0.3 is 0 Å². The molecule has 2 fully saturated rings. The topological polar surface area (TPSA) is 15.7 Å². The molecule has 3 aromatic rings. The normalized spacial score (nSPS) is 20.7. The fourth-order valence-corrected chi connectivity index (χ4v) is 5.06. The average Bonchev–Trinajstić information content (AvgIpc) is 3.50. The van der Waals surface area contributed by atoms with Crippen LogP contribution >= 0.6 is 0 Å². The van der Waals surface area contributed by atoms with E-state index in [1.165, 1.54) is 29.5 Å².